The van der Waals surface area contributed by atoms with E-state index in [1.54, 1.807) is 6.08 Å². The quantitative estimate of drug-likeness (QED) is 0.602. The molecule has 0 saturated heterocycles. The molecule has 62 valence electrons. The van der Waals surface area contributed by atoms with Crippen molar-refractivity contribution in [1.82, 2.24) is 0 Å². The molecule has 0 fully saturated rings. The van der Waals surface area contributed by atoms with E-state index in [-0.39, 0.29) is 0 Å². The van der Waals surface area contributed by atoms with Gasteiger partial charge in [-0.3, -0.25) is 4.79 Å². The topological polar surface area (TPSA) is 17.1 Å². The maximum atomic E-state index is 10.0. The summed E-state index contributed by atoms with van der Waals surface area (Å²) in [5, 5.41) is 0. The Morgan fingerprint density at radius 2 is 1.67 bits per heavy atom. The Morgan fingerprint density at radius 1 is 1.08 bits per heavy atom. The lowest BCUT2D eigenvalue weighted by Gasteiger charge is -1.96. The van der Waals surface area contributed by atoms with Gasteiger partial charge in [-0.15, -0.1) is 0 Å². The molecule has 1 rings (SSSR count). The number of benzene rings is 1. The summed E-state index contributed by atoms with van der Waals surface area (Å²) in [6.07, 6.45) is 3.98. The van der Waals surface area contributed by atoms with Crippen molar-refractivity contribution in [3.63, 3.8) is 0 Å². The first kappa shape index (κ1) is 9.68. The van der Waals surface area contributed by atoms with Crippen LogP contribution in [0.4, 0.5) is 0 Å². The molecule has 0 unspecified atom stereocenters. The monoisotopic (exact) mass is 288 g/mol. The van der Waals surface area contributed by atoms with E-state index in [4.69, 9.17) is 0 Å². The summed E-state index contributed by atoms with van der Waals surface area (Å²) >= 11 is 6.71. The normalized spacial score (nSPS) is 10.5. The highest BCUT2D eigenvalue weighted by Gasteiger charge is 1.92. The van der Waals surface area contributed by atoms with Crippen LogP contribution < -0.4 is 0 Å². The van der Waals surface area contributed by atoms with Crippen molar-refractivity contribution in [1.29, 1.82) is 0 Å². The molecule has 0 aromatic heterocycles. The highest BCUT2D eigenvalue weighted by atomic mass is 79.9. The van der Waals surface area contributed by atoms with E-state index >= 15 is 0 Å². The largest absolute Gasteiger partial charge is 0.299 e. The smallest absolute Gasteiger partial charge is 0.142 e. The average Bonchev–Trinajstić information content (AvgIpc) is 1.99. The molecule has 0 radical (unpaired) electrons. The van der Waals surface area contributed by atoms with Gasteiger partial charge in [0.15, 0.2) is 0 Å². The molecule has 1 aromatic rings. The Labute approximate surface area is 87.7 Å². The fourth-order valence-electron chi connectivity index (χ4n) is 0.822. The van der Waals surface area contributed by atoms with Crippen molar-refractivity contribution < 1.29 is 4.79 Å². The molecule has 0 amide bonds. The molecule has 3 heteroatoms. The molecule has 0 N–H and O–H groups in total. The van der Waals surface area contributed by atoms with Crippen molar-refractivity contribution in [2.45, 2.75) is 0 Å². The van der Waals surface area contributed by atoms with Gasteiger partial charge in [0.2, 0.25) is 0 Å². The third-order valence-electron chi connectivity index (χ3n) is 1.25. The maximum Gasteiger partial charge on any atom is 0.142 e. The minimum absolute atomic E-state index is 0.759. The van der Waals surface area contributed by atoms with Gasteiger partial charge in [-0.2, -0.15) is 0 Å². The van der Waals surface area contributed by atoms with E-state index in [0.717, 1.165) is 20.8 Å². The number of halogens is 2. The lowest BCUT2D eigenvalue weighted by atomic mass is 10.2. The SMILES string of the molecule is O=CC=Cc1cc(Br)cc(Br)c1. The summed E-state index contributed by atoms with van der Waals surface area (Å²) in [5.41, 5.74) is 0.989. The van der Waals surface area contributed by atoms with Crippen LogP contribution in [-0.4, -0.2) is 6.29 Å². The van der Waals surface area contributed by atoms with E-state index in [1.807, 2.05) is 18.2 Å². The molecule has 0 heterocycles. The maximum absolute atomic E-state index is 10.0. The molecule has 0 saturated carbocycles. The predicted molar refractivity (Wildman–Crippen MR) is 56.9 cm³/mol. The molecule has 0 aliphatic rings. The summed E-state index contributed by atoms with van der Waals surface area (Å²) in [4.78, 5) is 10.0. The summed E-state index contributed by atoms with van der Waals surface area (Å²) in [6, 6.07) is 5.81. The molecular weight excluding hydrogens is 284 g/mol. The fourth-order valence-corrected chi connectivity index (χ4v) is 2.15. The van der Waals surface area contributed by atoms with Crippen molar-refractivity contribution in [3.8, 4) is 0 Å². The van der Waals surface area contributed by atoms with Crippen LogP contribution in [0, 0.1) is 0 Å². The number of carbonyl (C=O) groups excluding carboxylic acids is 1. The summed E-state index contributed by atoms with van der Waals surface area (Å²) in [5.74, 6) is 0. The zero-order valence-electron chi connectivity index (χ0n) is 6.13. The number of hydrogen-bond donors (Lipinski definition) is 0. The highest BCUT2D eigenvalue weighted by Crippen LogP contribution is 2.20. The summed E-state index contributed by atoms with van der Waals surface area (Å²) in [6.45, 7) is 0. The van der Waals surface area contributed by atoms with E-state index in [2.05, 4.69) is 31.9 Å². The van der Waals surface area contributed by atoms with Gasteiger partial charge in [-0.1, -0.05) is 37.9 Å². The third kappa shape index (κ3) is 2.91. The highest BCUT2D eigenvalue weighted by molar-refractivity contribution is 9.11. The Kier molecular flexibility index (Phi) is 3.69. The molecule has 1 aromatic carbocycles. The second-order valence-electron chi connectivity index (χ2n) is 2.20. The van der Waals surface area contributed by atoms with Crippen LogP contribution in [0.3, 0.4) is 0 Å². The summed E-state index contributed by atoms with van der Waals surface area (Å²) in [7, 11) is 0. The molecule has 0 atom stereocenters. The first-order valence-corrected chi connectivity index (χ1v) is 4.89. The number of hydrogen-bond acceptors (Lipinski definition) is 1. The Bertz CT molecular complexity index is 298. The van der Waals surface area contributed by atoms with Gasteiger partial charge in [0.1, 0.15) is 6.29 Å². The first-order chi connectivity index (χ1) is 5.72. The Balaban J connectivity index is 3.00. The minimum Gasteiger partial charge on any atom is -0.299 e. The van der Waals surface area contributed by atoms with Crippen LogP contribution in [0.1, 0.15) is 5.56 Å². The van der Waals surface area contributed by atoms with Crippen LogP contribution in [-0.2, 0) is 4.79 Å². The molecule has 0 aliphatic carbocycles. The minimum atomic E-state index is 0.759. The molecule has 0 spiro atoms. The average molecular weight is 290 g/mol. The molecule has 1 nitrogen and oxygen atoms in total. The van der Waals surface area contributed by atoms with Crippen LogP contribution in [0.15, 0.2) is 33.2 Å². The second-order valence-corrected chi connectivity index (χ2v) is 4.03. The Hall–Kier alpha value is -0.410. The first-order valence-electron chi connectivity index (χ1n) is 3.30. The zero-order chi connectivity index (χ0) is 8.97. The van der Waals surface area contributed by atoms with Gasteiger partial charge < -0.3 is 0 Å². The van der Waals surface area contributed by atoms with E-state index in [1.165, 1.54) is 6.08 Å². The van der Waals surface area contributed by atoms with E-state index in [0.29, 0.717) is 0 Å². The van der Waals surface area contributed by atoms with Crippen molar-refractivity contribution >= 4 is 44.2 Å². The third-order valence-corrected chi connectivity index (χ3v) is 2.17. The zero-order valence-corrected chi connectivity index (χ0v) is 9.30. The number of allylic oxidation sites excluding steroid dienone is 1. The molecular formula is C9H6Br2O. The molecule has 0 bridgehead atoms. The van der Waals surface area contributed by atoms with Crippen molar-refractivity contribution in [2.75, 3.05) is 0 Å². The van der Waals surface area contributed by atoms with Gasteiger partial charge in [0.05, 0.1) is 0 Å². The van der Waals surface area contributed by atoms with Crippen LogP contribution >= 0.6 is 31.9 Å². The standard InChI is InChI=1S/C9H6Br2O/c10-8-4-7(2-1-3-12)5-9(11)6-8/h1-6H. The molecule has 12 heavy (non-hydrogen) atoms. The van der Waals surface area contributed by atoms with Crippen molar-refractivity contribution in [3.05, 3.63) is 38.8 Å². The van der Waals surface area contributed by atoms with Gasteiger partial charge in [0.25, 0.3) is 0 Å². The number of rotatable bonds is 2. The Morgan fingerprint density at radius 3 is 2.17 bits per heavy atom. The van der Waals surface area contributed by atoms with Crippen LogP contribution in [0.2, 0.25) is 0 Å². The second kappa shape index (κ2) is 4.58. The van der Waals surface area contributed by atoms with Gasteiger partial charge in [-0.25, -0.2) is 0 Å². The lowest BCUT2D eigenvalue weighted by molar-refractivity contribution is -0.104. The number of aldehydes is 1. The van der Waals surface area contributed by atoms with Crippen molar-refractivity contribution in [2.24, 2.45) is 0 Å². The van der Waals surface area contributed by atoms with Gasteiger partial charge in [-0.05, 0) is 29.8 Å². The van der Waals surface area contributed by atoms with Gasteiger partial charge in [0, 0.05) is 8.95 Å². The fraction of sp³-hybridized carbons (Fsp3) is 0. The number of carbonyl (C=O) groups is 1. The molecule has 0 aliphatic heterocycles. The lowest BCUT2D eigenvalue weighted by Crippen LogP contribution is -1.73. The van der Waals surface area contributed by atoms with Crippen LogP contribution in [0.25, 0.3) is 6.08 Å². The van der Waals surface area contributed by atoms with E-state index < -0.39 is 0 Å². The van der Waals surface area contributed by atoms with Gasteiger partial charge >= 0.3 is 0 Å². The van der Waals surface area contributed by atoms with Crippen LogP contribution in [0.5, 0.6) is 0 Å². The van der Waals surface area contributed by atoms with E-state index in [9.17, 15) is 4.79 Å². The predicted octanol–water partition coefficient (Wildman–Crippen LogP) is 3.42. The summed E-state index contributed by atoms with van der Waals surface area (Å²) < 4.78 is 1.98.